The number of phosphoric ester groups is 1. The highest BCUT2D eigenvalue weighted by molar-refractivity contribution is 7.47. The van der Waals surface area contributed by atoms with Gasteiger partial charge < -0.3 is 18.9 Å². The minimum absolute atomic E-state index is 0.0284. The Labute approximate surface area is 471 Å². The van der Waals surface area contributed by atoms with E-state index >= 15 is 0 Å². The highest BCUT2D eigenvalue weighted by Gasteiger charge is 2.27. The van der Waals surface area contributed by atoms with Crippen molar-refractivity contribution < 1.29 is 42.1 Å². The predicted molar refractivity (Wildman–Crippen MR) is 326 cm³/mol. The van der Waals surface area contributed by atoms with Crippen molar-refractivity contribution in [2.24, 2.45) is 0 Å². The first-order valence-electron chi connectivity index (χ1n) is 32.4. The fourth-order valence-corrected chi connectivity index (χ4v) is 10.1. The Bertz CT molecular complexity index is 1420. The van der Waals surface area contributed by atoms with E-state index in [1.165, 1.54) is 205 Å². The minimum Gasteiger partial charge on any atom is -0.462 e. The van der Waals surface area contributed by atoms with Crippen LogP contribution >= 0.6 is 7.82 Å². The molecule has 0 aromatic carbocycles. The normalized spacial score (nSPS) is 13.5. The van der Waals surface area contributed by atoms with Crippen molar-refractivity contribution in [1.29, 1.82) is 0 Å². The molecule has 446 valence electrons. The van der Waals surface area contributed by atoms with E-state index < -0.39 is 26.5 Å². The Morgan fingerprint density at radius 2 is 0.750 bits per heavy atom. The van der Waals surface area contributed by atoms with Crippen molar-refractivity contribution in [2.75, 3.05) is 47.5 Å². The van der Waals surface area contributed by atoms with Crippen LogP contribution in [-0.4, -0.2) is 74.9 Å². The number of phosphoric acid groups is 1. The fraction of sp³-hybridized carbons (Fsp3) is 0.848. The van der Waals surface area contributed by atoms with Crippen molar-refractivity contribution in [3.8, 4) is 0 Å². The number of carbonyl (C=O) groups excluding carboxylic acids is 2. The Balaban J connectivity index is 3.90. The van der Waals surface area contributed by atoms with Gasteiger partial charge in [0, 0.05) is 12.8 Å². The van der Waals surface area contributed by atoms with E-state index in [1.54, 1.807) is 0 Å². The maximum Gasteiger partial charge on any atom is 0.472 e. The summed E-state index contributed by atoms with van der Waals surface area (Å²) in [6.45, 7) is 4.33. The number of esters is 2. The van der Waals surface area contributed by atoms with Crippen LogP contribution in [0.25, 0.3) is 0 Å². The molecule has 0 aliphatic heterocycles. The number of unbranched alkanes of at least 4 members (excludes halogenated alkanes) is 38. The van der Waals surface area contributed by atoms with Gasteiger partial charge in [0.2, 0.25) is 0 Å². The molecule has 0 saturated heterocycles. The number of quaternary nitrogens is 1. The molecule has 9 nitrogen and oxygen atoms in total. The first-order chi connectivity index (χ1) is 37.0. The van der Waals surface area contributed by atoms with E-state index in [1.807, 2.05) is 21.1 Å². The highest BCUT2D eigenvalue weighted by Crippen LogP contribution is 2.43. The molecule has 0 aromatic heterocycles. The van der Waals surface area contributed by atoms with Crippen molar-refractivity contribution in [3.63, 3.8) is 0 Å². The van der Waals surface area contributed by atoms with Crippen LogP contribution in [0.4, 0.5) is 0 Å². The molecule has 0 rings (SSSR count). The van der Waals surface area contributed by atoms with Crippen LogP contribution in [0.1, 0.15) is 309 Å². The molecule has 10 heteroatoms. The van der Waals surface area contributed by atoms with Crippen LogP contribution in [0, 0.1) is 0 Å². The van der Waals surface area contributed by atoms with E-state index in [0.29, 0.717) is 17.4 Å². The van der Waals surface area contributed by atoms with Gasteiger partial charge in [-0.1, -0.05) is 274 Å². The average Bonchev–Trinajstić information content (AvgIpc) is 3.38. The second-order valence-electron chi connectivity index (χ2n) is 23.1. The number of hydrogen-bond donors (Lipinski definition) is 1. The number of hydrogen-bond acceptors (Lipinski definition) is 7. The molecule has 0 saturated carbocycles. The van der Waals surface area contributed by atoms with Gasteiger partial charge in [-0.2, -0.15) is 0 Å². The number of allylic oxidation sites excluding steroid dienone is 8. The van der Waals surface area contributed by atoms with Crippen LogP contribution in [0.2, 0.25) is 0 Å². The summed E-state index contributed by atoms with van der Waals surface area (Å²) < 4.78 is 34.5. The summed E-state index contributed by atoms with van der Waals surface area (Å²) in [5.41, 5.74) is 0. The van der Waals surface area contributed by atoms with Gasteiger partial charge in [0.15, 0.2) is 6.10 Å². The Hall–Kier alpha value is -2.03. The summed E-state index contributed by atoms with van der Waals surface area (Å²) in [4.78, 5) is 35.7. The maximum atomic E-state index is 12.8. The lowest BCUT2D eigenvalue weighted by molar-refractivity contribution is -0.870. The molecule has 0 spiro atoms. The molecule has 1 N–H and O–H groups in total. The lowest BCUT2D eigenvalue weighted by atomic mass is 10.0. The predicted octanol–water partition coefficient (Wildman–Crippen LogP) is 20.5. The molecule has 0 aliphatic rings. The van der Waals surface area contributed by atoms with Gasteiger partial charge in [0.1, 0.15) is 19.8 Å². The largest absolute Gasteiger partial charge is 0.472 e. The highest BCUT2D eigenvalue weighted by atomic mass is 31.2. The lowest BCUT2D eigenvalue weighted by Crippen LogP contribution is -2.37. The van der Waals surface area contributed by atoms with Crippen molar-refractivity contribution in [3.05, 3.63) is 48.6 Å². The quantitative estimate of drug-likeness (QED) is 0.0211. The molecular weight excluding hydrogens is 966 g/mol. The van der Waals surface area contributed by atoms with Crippen molar-refractivity contribution in [1.82, 2.24) is 0 Å². The second kappa shape index (κ2) is 57.6. The third-order valence-electron chi connectivity index (χ3n) is 14.3. The zero-order valence-electron chi connectivity index (χ0n) is 50.8. The van der Waals surface area contributed by atoms with Crippen LogP contribution < -0.4 is 0 Å². The fourth-order valence-electron chi connectivity index (χ4n) is 9.38. The van der Waals surface area contributed by atoms with Crippen LogP contribution in [0.3, 0.4) is 0 Å². The average molecular weight is 1090 g/mol. The molecule has 0 radical (unpaired) electrons. The first-order valence-corrected chi connectivity index (χ1v) is 33.9. The van der Waals surface area contributed by atoms with Gasteiger partial charge in [-0.3, -0.25) is 18.6 Å². The van der Waals surface area contributed by atoms with E-state index in [2.05, 4.69) is 62.5 Å². The monoisotopic (exact) mass is 1090 g/mol. The van der Waals surface area contributed by atoms with E-state index in [-0.39, 0.29) is 32.0 Å². The number of likely N-dealkylation sites (N-methyl/N-ethyl adjacent to an activating group) is 1. The second-order valence-corrected chi connectivity index (χ2v) is 24.6. The lowest BCUT2D eigenvalue weighted by Gasteiger charge is -2.24. The standard InChI is InChI=1S/C66H124NO8P/c1-6-8-10-12-14-16-18-20-22-23-24-25-26-27-28-29-30-31-32-33-34-35-36-37-38-39-40-41-42-43-45-46-48-50-52-54-56-58-65(68)72-62-64(63-74-76(70,71)73-61-60-67(3,4)5)75-66(69)59-57-55-53-51-49-47-44-21-19-17-15-13-11-9-7-2/h9,11,15,17,21,23-24,44,64H,6-8,10,12-14,16,18-20,22,25-43,45-63H2,1-5H3/p+1/b11-9-,17-15-,24-23-,44-21-. The van der Waals surface area contributed by atoms with Gasteiger partial charge in [0.25, 0.3) is 0 Å². The van der Waals surface area contributed by atoms with Gasteiger partial charge in [-0.25, -0.2) is 4.57 Å². The molecule has 0 fully saturated rings. The SMILES string of the molecule is CC/C=C\C/C=C\C/C=C\CCCCCCCC(=O)OC(COC(=O)CCCCCCCCCCCCCCCCCCCCCCCCCCC/C=C\CCCCCCCCCC)COP(=O)(O)OCC[N+](C)(C)C. The van der Waals surface area contributed by atoms with Gasteiger partial charge >= 0.3 is 19.8 Å². The van der Waals surface area contributed by atoms with Gasteiger partial charge in [0.05, 0.1) is 27.7 Å². The molecule has 0 aliphatic carbocycles. The van der Waals surface area contributed by atoms with Gasteiger partial charge in [-0.15, -0.1) is 0 Å². The molecule has 0 amide bonds. The van der Waals surface area contributed by atoms with Crippen LogP contribution in [0.5, 0.6) is 0 Å². The third-order valence-corrected chi connectivity index (χ3v) is 15.3. The molecule has 2 atom stereocenters. The Morgan fingerprint density at radius 3 is 1.13 bits per heavy atom. The van der Waals surface area contributed by atoms with Gasteiger partial charge in [-0.05, 0) is 70.6 Å². The summed E-state index contributed by atoms with van der Waals surface area (Å²) in [6.07, 6.45) is 73.8. The van der Waals surface area contributed by atoms with Crippen molar-refractivity contribution in [2.45, 2.75) is 315 Å². The van der Waals surface area contributed by atoms with Crippen molar-refractivity contribution >= 4 is 19.8 Å². The third kappa shape index (κ3) is 61.2. The summed E-state index contributed by atoms with van der Waals surface area (Å²) in [6, 6.07) is 0. The van der Waals surface area contributed by atoms with E-state index in [0.717, 1.165) is 70.6 Å². The number of nitrogens with zero attached hydrogens (tertiary/aromatic N) is 1. The minimum atomic E-state index is -4.39. The zero-order chi connectivity index (χ0) is 55.6. The number of carbonyl (C=O) groups is 2. The van der Waals surface area contributed by atoms with Crippen LogP contribution in [-0.2, 0) is 32.7 Å². The number of ether oxygens (including phenoxy) is 2. The molecule has 76 heavy (non-hydrogen) atoms. The smallest absolute Gasteiger partial charge is 0.462 e. The van der Waals surface area contributed by atoms with E-state index in [9.17, 15) is 19.0 Å². The molecule has 2 unspecified atom stereocenters. The van der Waals surface area contributed by atoms with E-state index in [4.69, 9.17) is 18.5 Å². The summed E-state index contributed by atoms with van der Waals surface area (Å²) in [5.74, 6) is -0.806. The van der Waals surface area contributed by atoms with Crippen LogP contribution in [0.15, 0.2) is 48.6 Å². The Morgan fingerprint density at radius 1 is 0.421 bits per heavy atom. The first kappa shape index (κ1) is 74.0. The maximum absolute atomic E-state index is 12.8. The summed E-state index contributed by atoms with van der Waals surface area (Å²) in [7, 11) is 1.47. The molecule has 0 aromatic rings. The molecule has 0 heterocycles. The number of rotatable bonds is 60. The summed E-state index contributed by atoms with van der Waals surface area (Å²) in [5, 5.41) is 0. The molecular formula is C66H125NO8P+. The molecule has 0 bridgehead atoms. The zero-order valence-corrected chi connectivity index (χ0v) is 51.6. The summed E-state index contributed by atoms with van der Waals surface area (Å²) >= 11 is 0. The topological polar surface area (TPSA) is 108 Å². The Kier molecular flexibility index (Phi) is 56.1.